The van der Waals surface area contributed by atoms with E-state index in [1.54, 1.807) is 43.7 Å². The second-order valence-electron chi connectivity index (χ2n) is 6.10. The van der Waals surface area contributed by atoms with Crippen LogP contribution in [0.5, 0.6) is 0 Å². The lowest BCUT2D eigenvalue weighted by atomic mass is 9.96. The summed E-state index contributed by atoms with van der Waals surface area (Å²) < 4.78 is 39.5. The topological polar surface area (TPSA) is 59.8 Å². The molecular formula is C19H17F3N4O. The zero-order valence-electron chi connectivity index (χ0n) is 14.4. The van der Waals surface area contributed by atoms with Gasteiger partial charge in [-0.15, -0.1) is 0 Å². The number of nitrogens with one attached hydrogen (secondary N) is 1. The van der Waals surface area contributed by atoms with Gasteiger partial charge in [-0.05, 0) is 41.8 Å². The molecule has 2 heterocycles. The molecule has 8 heteroatoms. The summed E-state index contributed by atoms with van der Waals surface area (Å²) in [5, 5.41) is 6.89. The molecule has 0 saturated carbocycles. The van der Waals surface area contributed by atoms with Crippen molar-refractivity contribution in [3.8, 4) is 5.82 Å². The number of nitrogens with zero attached hydrogens (tertiary/aromatic N) is 3. The van der Waals surface area contributed by atoms with Crippen LogP contribution in [0.1, 0.15) is 30.4 Å². The number of hydrogen-bond acceptors (Lipinski definition) is 3. The number of hydrogen-bond donors (Lipinski definition) is 1. The molecule has 0 saturated heterocycles. The Balaban J connectivity index is 1.68. The number of carbonyl (C=O) groups excluding carboxylic acids is 1. The highest BCUT2D eigenvalue weighted by atomic mass is 19.4. The lowest BCUT2D eigenvalue weighted by Gasteiger charge is -2.14. The zero-order chi connectivity index (χ0) is 19.4. The van der Waals surface area contributed by atoms with Gasteiger partial charge in [0.05, 0.1) is 11.3 Å². The summed E-state index contributed by atoms with van der Waals surface area (Å²) in [5.41, 5.74) is 0.463. The highest BCUT2D eigenvalue weighted by Gasteiger charge is 2.30. The summed E-state index contributed by atoms with van der Waals surface area (Å²) >= 11 is 0. The number of alkyl halides is 3. The molecular weight excluding hydrogens is 357 g/mol. The number of amides is 1. The van der Waals surface area contributed by atoms with E-state index >= 15 is 0 Å². The fraction of sp³-hybridized carbons (Fsp3) is 0.211. The molecule has 5 nitrogen and oxygen atoms in total. The quantitative estimate of drug-likeness (QED) is 0.719. The maximum Gasteiger partial charge on any atom is 0.416 e. The van der Waals surface area contributed by atoms with Crippen LogP contribution in [0.2, 0.25) is 0 Å². The summed E-state index contributed by atoms with van der Waals surface area (Å²) in [7, 11) is 0. The average Bonchev–Trinajstić information content (AvgIpc) is 3.16. The van der Waals surface area contributed by atoms with Crippen molar-refractivity contribution in [2.75, 3.05) is 5.32 Å². The molecule has 0 aliphatic rings. The summed E-state index contributed by atoms with van der Waals surface area (Å²) in [6, 6.07) is 10.0. The van der Waals surface area contributed by atoms with Crippen molar-refractivity contribution in [3.63, 3.8) is 0 Å². The molecule has 1 aromatic carbocycles. The van der Waals surface area contributed by atoms with Crippen LogP contribution in [0.15, 0.2) is 61.1 Å². The predicted molar refractivity (Wildman–Crippen MR) is 94.5 cm³/mol. The molecule has 2 aromatic heterocycles. The van der Waals surface area contributed by atoms with Crippen LogP contribution in [0.3, 0.4) is 0 Å². The largest absolute Gasteiger partial charge is 0.416 e. The van der Waals surface area contributed by atoms with Crippen LogP contribution in [-0.4, -0.2) is 20.7 Å². The van der Waals surface area contributed by atoms with Gasteiger partial charge < -0.3 is 5.32 Å². The first kappa shape index (κ1) is 18.6. The number of anilines is 1. The Hall–Kier alpha value is -3.16. The van der Waals surface area contributed by atoms with Gasteiger partial charge in [0.1, 0.15) is 0 Å². The minimum Gasteiger partial charge on any atom is -0.323 e. The van der Waals surface area contributed by atoms with E-state index in [-0.39, 0.29) is 18.2 Å². The van der Waals surface area contributed by atoms with E-state index in [1.165, 1.54) is 16.8 Å². The van der Waals surface area contributed by atoms with Crippen molar-refractivity contribution in [1.82, 2.24) is 14.8 Å². The molecule has 3 aromatic rings. The average molecular weight is 374 g/mol. The van der Waals surface area contributed by atoms with Crippen LogP contribution >= 0.6 is 0 Å². The molecule has 1 N–H and O–H groups in total. The fourth-order valence-corrected chi connectivity index (χ4v) is 2.67. The Morgan fingerprint density at radius 2 is 1.89 bits per heavy atom. The van der Waals surface area contributed by atoms with Crippen molar-refractivity contribution < 1.29 is 18.0 Å². The predicted octanol–water partition coefficient (Wildman–Crippen LogP) is 4.42. The number of aromatic nitrogens is 3. The third-order valence-corrected chi connectivity index (χ3v) is 4.08. The molecule has 3 rings (SSSR count). The van der Waals surface area contributed by atoms with Gasteiger partial charge in [0, 0.05) is 25.0 Å². The first-order valence-corrected chi connectivity index (χ1v) is 8.26. The summed E-state index contributed by atoms with van der Waals surface area (Å²) in [6.07, 6.45) is 0.661. The Morgan fingerprint density at radius 1 is 1.15 bits per heavy atom. The van der Waals surface area contributed by atoms with Crippen LogP contribution in [0.25, 0.3) is 5.82 Å². The highest BCUT2D eigenvalue weighted by molar-refractivity contribution is 5.92. The Morgan fingerprint density at radius 3 is 2.52 bits per heavy atom. The Labute approximate surface area is 153 Å². The maximum atomic E-state index is 12.7. The number of benzene rings is 1. The molecule has 0 aliphatic heterocycles. The van der Waals surface area contributed by atoms with Crippen LogP contribution < -0.4 is 5.32 Å². The first-order valence-electron chi connectivity index (χ1n) is 8.26. The second kappa shape index (κ2) is 7.61. The summed E-state index contributed by atoms with van der Waals surface area (Å²) in [4.78, 5) is 16.6. The minimum absolute atomic E-state index is 0.124. The summed E-state index contributed by atoms with van der Waals surface area (Å²) in [5.74, 6) is -0.0149. The molecule has 27 heavy (non-hydrogen) atoms. The van der Waals surface area contributed by atoms with E-state index in [9.17, 15) is 18.0 Å². The molecule has 140 valence electrons. The van der Waals surface area contributed by atoms with E-state index < -0.39 is 11.7 Å². The third-order valence-electron chi connectivity index (χ3n) is 4.08. The van der Waals surface area contributed by atoms with E-state index in [4.69, 9.17) is 0 Å². The van der Waals surface area contributed by atoms with Gasteiger partial charge in [0.15, 0.2) is 5.82 Å². The minimum atomic E-state index is -4.37. The van der Waals surface area contributed by atoms with Gasteiger partial charge in [-0.2, -0.15) is 18.3 Å². The molecule has 1 amide bonds. The molecule has 0 fully saturated rings. The van der Waals surface area contributed by atoms with Crippen molar-refractivity contribution in [1.29, 1.82) is 0 Å². The molecule has 0 radical (unpaired) electrons. The van der Waals surface area contributed by atoms with E-state index in [0.717, 1.165) is 12.1 Å². The van der Waals surface area contributed by atoms with Crippen molar-refractivity contribution in [3.05, 3.63) is 72.2 Å². The molecule has 0 bridgehead atoms. The van der Waals surface area contributed by atoms with E-state index in [2.05, 4.69) is 15.4 Å². The lowest BCUT2D eigenvalue weighted by molar-refractivity contribution is -0.137. The van der Waals surface area contributed by atoms with Gasteiger partial charge in [0.25, 0.3) is 0 Å². The van der Waals surface area contributed by atoms with E-state index in [0.29, 0.717) is 17.1 Å². The van der Waals surface area contributed by atoms with E-state index in [1.807, 2.05) is 0 Å². The molecule has 0 spiro atoms. The normalized spacial score (nSPS) is 12.6. The Kier molecular flexibility index (Phi) is 5.25. The van der Waals surface area contributed by atoms with Crippen molar-refractivity contribution >= 4 is 11.6 Å². The highest BCUT2D eigenvalue weighted by Crippen LogP contribution is 2.30. The molecule has 0 aliphatic carbocycles. The molecule has 1 unspecified atom stereocenters. The monoisotopic (exact) mass is 374 g/mol. The second-order valence-corrected chi connectivity index (χ2v) is 6.10. The summed E-state index contributed by atoms with van der Waals surface area (Å²) in [6.45, 7) is 1.79. The smallest absolute Gasteiger partial charge is 0.323 e. The van der Waals surface area contributed by atoms with Crippen molar-refractivity contribution in [2.45, 2.75) is 25.4 Å². The number of carbonyl (C=O) groups is 1. The fourth-order valence-electron chi connectivity index (χ4n) is 2.67. The van der Waals surface area contributed by atoms with Gasteiger partial charge in [-0.3, -0.25) is 4.79 Å². The van der Waals surface area contributed by atoms with Gasteiger partial charge >= 0.3 is 6.18 Å². The van der Waals surface area contributed by atoms with Crippen LogP contribution in [0, 0.1) is 0 Å². The first-order chi connectivity index (χ1) is 12.8. The van der Waals surface area contributed by atoms with Gasteiger partial charge in [0.2, 0.25) is 5.91 Å². The third kappa shape index (κ3) is 4.52. The molecule has 1 atom stereocenters. The SMILES string of the molecule is CC(CC(=O)Nc1cccnc1-n1cccn1)c1ccc(C(F)(F)F)cc1. The maximum absolute atomic E-state index is 12.7. The van der Waals surface area contributed by atoms with Gasteiger partial charge in [-0.1, -0.05) is 19.1 Å². The van der Waals surface area contributed by atoms with Crippen LogP contribution in [0.4, 0.5) is 18.9 Å². The number of rotatable bonds is 5. The standard InChI is InChI=1S/C19H17F3N4O/c1-13(14-5-7-15(8-6-14)19(20,21)22)12-17(27)25-16-4-2-9-23-18(16)26-11-3-10-24-26/h2-11,13H,12H2,1H3,(H,25,27). The lowest BCUT2D eigenvalue weighted by Crippen LogP contribution is -2.16. The zero-order valence-corrected chi connectivity index (χ0v) is 14.4. The van der Waals surface area contributed by atoms with Crippen LogP contribution in [-0.2, 0) is 11.0 Å². The van der Waals surface area contributed by atoms with Gasteiger partial charge in [-0.25, -0.2) is 9.67 Å². The number of halogens is 3. The Bertz CT molecular complexity index is 905. The van der Waals surface area contributed by atoms with Crippen molar-refractivity contribution in [2.24, 2.45) is 0 Å². The number of pyridine rings is 1.